The Bertz CT molecular complexity index is 1340. The van der Waals surface area contributed by atoms with Gasteiger partial charge in [-0.1, -0.05) is 0 Å². The van der Waals surface area contributed by atoms with Gasteiger partial charge in [0.05, 0.1) is 0 Å². The summed E-state index contributed by atoms with van der Waals surface area (Å²) in [5.41, 5.74) is 1.70. The summed E-state index contributed by atoms with van der Waals surface area (Å²) in [7, 11) is 0. The molecule has 30 heavy (non-hydrogen) atoms. The summed E-state index contributed by atoms with van der Waals surface area (Å²) in [5, 5.41) is 6.38. The molecule has 0 bridgehead atoms. The van der Waals surface area contributed by atoms with E-state index in [2.05, 4.69) is 10.6 Å². The molecule has 8 heteroatoms. The van der Waals surface area contributed by atoms with Gasteiger partial charge in [-0.15, -0.1) is 0 Å². The molecule has 0 saturated heterocycles. The van der Waals surface area contributed by atoms with E-state index in [1.165, 1.54) is 24.3 Å². The first-order chi connectivity index (χ1) is 14.3. The molecule has 2 heterocycles. The number of fused-ring (bicyclic) bond motifs is 2. The third kappa shape index (κ3) is 3.70. The molecule has 2 amide bonds. The van der Waals surface area contributed by atoms with Crippen molar-refractivity contribution in [3.63, 3.8) is 0 Å². The Hall–Kier alpha value is -4.20. The molecule has 0 aliphatic rings. The van der Waals surface area contributed by atoms with Crippen molar-refractivity contribution in [1.29, 1.82) is 0 Å². The third-order valence-electron chi connectivity index (χ3n) is 4.62. The van der Waals surface area contributed by atoms with Gasteiger partial charge in [-0.25, -0.2) is 9.59 Å². The zero-order valence-electron chi connectivity index (χ0n) is 16.1. The zero-order valence-corrected chi connectivity index (χ0v) is 16.1. The molecule has 0 aliphatic heterocycles. The van der Waals surface area contributed by atoms with Crippen LogP contribution >= 0.6 is 0 Å². The molecule has 2 N–H and O–H groups in total. The third-order valence-corrected chi connectivity index (χ3v) is 4.62. The highest BCUT2D eigenvalue weighted by atomic mass is 16.4. The van der Waals surface area contributed by atoms with Gasteiger partial charge in [0.15, 0.2) is 0 Å². The highest BCUT2D eigenvalue weighted by Crippen LogP contribution is 2.22. The van der Waals surface area contributed by atoms with E-state index in [1.807, 2.05) is 0 Å². The summed E-state index contributed by atoms with van der Waals surface area (Å²) < 4.78 is 10.3. The minimum absolute atomic E-state index is 0.302. The lowest BCUT2D eigenvalue weighted by atomic mass is 10.1. The number of rotatable bonds is 2. The number of carbonyl (C=O) groups is 2. The maximum atomic E-state index is 12.3. The fraction of sp³-hybridized carbons (Fsp3) is 0.0909. The minimum atomic E-state index is -0.907. The number of hydrogen-bond donors (Lipinski definition) is 2. The summed E-state index contributed by atoms with van der Waals surface area (Å²) >= 11 is 0. The van der Waals surface area contributed by atoms with Crippen LogP contribution in [0, 0.1) is 13.8 Å². The van der Waals surface area contributed by atoms with Gasteiger partial charge in [-0.05, 0) is 49.2 Å². The van der Waals surface area contributed by atoms with Crippen molar-refractivity contribution >= 4 is 45.1 Å². The fourth-order valence-corrected chi connectivity index (χ4v) is 3.18. The largest absolute Gasteiger partial charge is 0.423 e. The Kier molecular flexibility index (Phi) is 4.67. The normalized spacial score (nSPS) is 10.9. The average molecular weight is 404 g/mol. The Balaban J connectivity index is 1.53. The van der Waals surface area contributed by atoms with Crippen molar-refractivity contribution < 1.29 is 18.4 Å². The maximum Gasteiger partial charge on any atom is 0.336 e. The first kappa shape index (κ1) is 19.1. The predicted octanol–water partition coefficient (Wildman–Crippen LogP) is 3.09. The Morgan fingerprint density at radius 2 is 1.07 bits per heavy atom. The lowest BCUT2D eigenvalue weighted by Crippen LogP contribution is -2.29. The van der Waals surface area contributed by atoms with E-state index in [4.69, 9.17) is 8.83 Å². The second-order valence-corrected chi connectivity index (χ2v) is 6.83. The zero-order chi connectivity index (χ0) is 21.4. The van der Waals surface area contributed by atoms with Gasteiger partial charge in [-0.3, -0.25) is 9.59 Å². The summed E-state index contributed by atoms with van der Waals surface area (Å²) in [6.45, 7) is 3.55. The van der Waals surface area contributed by atoms with Crippen molar-refractivity contribution in [3.8, 4) is 0 Å². The van der Waals surface area contributed by atoms with Crippen molar-refractivity contribution in [2.45, 2.75) is 13.8 Å². The van der Waals surface area contributed by atoms with Gasteiger partial charge in [0.25, 0.3) is 0 Å². The first-order valence-electron chi connectivity index (χ1n) is 9.01. The monoisotopic (exact) mass is 404 g/mol. The van der Waals surface area contributed by atoms with E-state index in [0.717, 1.165) is 21.9 Å². The van der Waals surface area contributed by atoms with Crippen LogP contribution in [0.25, 0.3) is 21.9 Å². The molecule has 0 spiro atoms. The Morgan fingerprint density at radius 1 is 0.667 bits per heavy atom. The van der Waals surface area contributed by atoms with Crippen LogP contribution < -0.4 is 21.9 Å². The molecule has 0 unspecified atom stereocenters. The molecule has 8 nitrogen and oxygen atoms in total. The molecule has 4 rings (SSSR count). The quantitative estimate of drug-likeness (QED) is 0.391. The lowest BCUT2D eigenvalue weighted by Gasteiger charge is -2.08. The van der Waals surface area contributed by atoms with Crippen molar-refractivity contribution in [2.24, 2.45) is 0 Å². The molecular formula is C22H16N2O6. The van der Waals surface area contributed by atoms with Crippen LogP contribution in [0.1, 0.15) is 11.1 Å². The molecule has 0 atom stereocenters. The Morgan fingerprint density at radius 3 is 1.47 bits per heavy atom. The number of carbonyl (C=O) groups excluding carboxylic acids is 2. The van der Waals surface area contributed by atoms with Gasteiger partial charge in [0, 0.05) is 46.4 Å². The Labute approximate surface area is 169 Å². The SMILES string of the molecule is Cc1cc(=O)oc2cc(NC(=O)C(=O)Nc3ccc4c(C)cc(=O)oc4c3)ccc12. The van der Waals surface area contributed by atoms with E-state index >= 15 is 0 Å². The van der Waals surface area contributed by atoms with E-state index in [-0.39, 0.29) is 0 Å². The van der Waals surface area contributed by atoms with E-state index in [0.29, 0.717) is 22.5 Å². The number of aryl methyl sites for hydroxylation is 2. The molecule has 0 fully saturated rings. The second kappa shape index (κ2) is 7.32. The highest BCUT2D eigenvalue weighted by molar-refractivity contribution is 6.43. The van der Waals surface area contributed by atoms with Crippen LogP contribution in [0.3, 0.4) is 0 Å². The van der Waals surface area contributed by atoms with Gasteiger partial charge in [0.2, 0.25) is 0 Å². The van der Waals surface area contributed by atoms with Crippen LogP contribution in [0.5, 0.6) is 0 Å². The van der Waals surface area contributed by atoms with E-state index in [1.54, 1.807) is 38.1 Å². The lowest BCUT2D eigenvalue weighted by molar-refractivity contribution is -0.132. The number of amides is 2. The standard InChI is InChI=1S/C22H16N2O6/c1-11-7-19(25)29-17-9-13(3-5-15(11)17)23-21(27)22(28)24-14-4-6-16-12(2)8-20(26)30-18(16)10-14/h3-10H,1-2H3,(H,23,27)(H,24,28). The van der Waals surface area contributed by atoms with Crippen molar-refractivity contribution in [2.75, 3.05) is 10.6 Å². The highest BCUT2D eigenvalue weighted by Gasteiger charge is 2.15. The molecule has 0 aliphatic carbocycles. The molecule has 2 aromatic carbocycles. The smallest absolute Gasteiger partial charge is 0.336 e. The predicted molar refractivity (Wildman–Crippen MR) is 112 cm³/mol. The van der Waals surface area contributed by atoms with Gasteiger partial charge >= 0.3 is 23.1 Å². The average Bonchev–Trinajstić information content (AvgIpc) is 2.67. The summed E-state index contributed by atoms with van der Waals surface area (Å²) in [6, 6.07) is 12.3. The summed E-state index contributed by atoms with van der Waals surface area (Å²) in [5.74, 6) is -1.81. The maximum absolute atomic E-state index is 12.3. The van der Waals surface area contributed by atoms with E-state index < -0.39 is 23.1 Å². The number of nitrogens with one attached hydrogen (secondary N) is 2. The molecule has 0 radical (unpaired) electrons. The minimum Gasteiger partial charge on any atom is -0.423 e. The second-order valence-electron chi connectivity index (χ2n) is 6.83. The van der Waals surface area contributed by atoms with Crippen LogP contribution in [0.2, 0.25) is 0 Å². The molecule has 2 aromatic heterocycles. The van der Waals surface area contributed by atoms with Crippen LogP contribution in [0.4, 0.5) is 11.4 Å². The molecule has 4 aromatic rings. The molecule has 150 valence electrons. The molecule has 0 saturated carbocycles. The number of hydrogen-bond acceptors (Lipinski definition) is 6. The van der Waals surface area contributed by atoms with Crippen molar-refractivity contribution in [1.82, 2.24) is 0 Å². The van der Waals surface area contributed by atoms with Gasteiger partial charge in [-0.2, -0.15) is 0 Å². The number of anilines is 2. The van der Waals surface area contributed by atoms with Crippen molar-refractivity contribution in [3.05, 3.63) is 80.5 Å². The van der Waals surface area contributed by atoms with E-state index in [9.17, 15) is 19.2 Å². The fourth-order valence-electron chi connectivity index (χ4n) is 3.18. The molecular weight excluding hydrogens is 388 g/mol. The van der Waals surface area contributed by atoms with Gasteiger partial charge in [0.1, 0.15) is 11.2 Å². The van der Waals surface area contributed by atoms with Crippen LogP contribution in [0.15, 0.2) is 67.0 Å². The summed E-state index contributed by atoms with van der Waals surface area (Å²) in [4.78, 5) is 47.6. The topological polar surface area (TPSA) is 119 Å². The first-order valence-corrected chi connectivity index (χ1v) is 9.01. The van der Waals surface area contributed by atoms with Crippen LogP contribution in [-0.2, 0) is 9.59 Å². The van der Waals surface area contributed by atoms with Crippen LogP contribution in [-0.4, -0.2) is 11.8 Å². The summed E-state index contributed by atoms with van der Waals surface area (Å²) in [6.07, 6.45) is 0. The number of benzene rings is 2. The van der Waals surface area contributed by atoms with Gasteiger partial charge < -0.3 is 19.5 Å².